The Morgan fingerprint density at radius 3 is 2.16 bits per heavy atom. The van der Waals surface area contributed by atoms with Crippen molar-refractivity contribution in [2.75, 3.05) is 4.72 Å². The summed E-state index contributed by atoms with van der Waals surface area (Å²) in [6.07, 6.45) is -8.22. The molecule has 5 nitrogen and oxygen atoms in total. The maximum absolute atomic E-state index is 13.9. The molecule has 0 atom stereocenters. The summed E-state index contributed by atoms with van der Waals surface area (Å²) < 4.78 is 131. The van der Waals surface area contributed by atoms with Gasteiger partial charge >= 0.3 is 12.4 Å². The van der Waals surface area contributed by atoms with Gasteiger partial charge in [0.05, 0.1) is 28.2 Å². The monoisotopic (exact) mass is 471 g/mol. The molecule has 0 fully saturated rings. The number of anilines is 1. The lowest BCUT2D eigenvalue weighted by Crippen LogP contribution is -2.15. The second-order valence-corrected chi connectivity index (χ2v) is 7.74. The number of alkyl halides is 6. The summed E-state index contributed by atoms with van der Waals surface area (Å²) >= 11 is 0. The highest BCUT2D eigenvalue weighted by Gasteiger charge is 2.36. The van der Waals surface area contributed by atoms with Crippen LogP contribution < -0.4 is 4.72 Å². The molecule has 3 aromatic rings. The van der Waals surface area contributed by atoms with Crippen LogP contribution in [-0.2, 0) is 22.4 Å². The summed E-state index contributed by atoms with van der Waals surface area (Å²) in [6.45, 7) is 0. The Labute approximate surface area is 168 Å². The number of benzene rings is 1. The molecule has 0 radical (unpaired) electrons. The maximum atomic E-state index is 13.9. The third-order valence-electron chi connectivity index (χ3n) is 3.94. The standard InChI is InChI=1S/C17H9F8N3O2S/c18-11-6-13(12(19)5-10(11)17(23,24)25)28-31(29,30)8-4-14(27-7-8)15-9(16(20,21)22)2-1-3-26-15/h1-7,27-28H. The highest BCUT2D eigenvalue weighted by Crippen LogP contribution is 2.37. The van der Waals surface area contributed by atoms with Crippen LogP contribution in [0.25, 0.3) is 11.4 Å². The van der Waals surface area contributed by atoms with Crippen molar-refractivity contribution < 1.29 is 43.5 Å². The molecule has 0 amide bonds. The Morgan fingerprint density at radius 1 is 0.903 bits per heavy atom. The summed E-state index contributed by atoms with van der Waals surface area (Å²) in [5.41, 5.74) is -5.20. The molecular weight excluding hydrogens is 462 g/mol. The lowest BCUT2D eigenvalue weighted by molar-refractivity contribution is -0.140. The van der Waals surface area contributed by atoms with Gasteiger partial charge < -0.3 is 4.98 Å². The van der Waals surface area contributed by atoms with E-state index in [1.165, 1.54) is 0 Å². The quantitative estimate of drug-likeness (QED) is 0.515. The lowest BCUT2D eigenvalue weighted by Gasteiger charge is -2.12. The minimum absolute atomic E-state index is 0.00375. The van der Waals surface area contributed by atoms with E-state index in [1.807, 2.05) is 0 Å². The van der Waals surface area contributed by atoms with E-state index in [-0.39, 0.29) is 17.8 Å². The molecule has 0 saturated heterocycles. The summed E-state index contributed by atoms with van der Waals surface area (Å²) in [6, 6.07) is 2.27. The number of nitrogens with zero attached hydrogens (tertiary/aromatic N) is 1. The SMILES string of the molecule is O=S(=O)(Nc1cc(F)c(C(F)(F)F)cc1F)c1c[nH]c(-c2ncccc2C(F)(F)F)c1. The van der Waals surface area contributed by atoms with Crippen molar-refractivity contribution >= 4 is 15.7 Å². The molecule has 0 aliphatic carbocycles. The van der Waals surface area contributed by atoms with Gasteiger partial charge in [-0.05, 0) is 24.3 Å². The molecule has 0 spiro atoms. The molecule has 31 heavy (non-hydrogen) atoms. The van der Waals surface area contributed by atoms with Crippen LogP contribution in [0.3, 0.4) is 0 Å². The minimum atomic E-state index is -5.21. The fraction of sp³-hybridized carbons (Fsp3) is 0.118. The highest BCUT2D eigenvalue weighted by molar-refractivity contribution is 7.92. The number of aromatic nitrogens is 2. The number of hydrogen-bond acceptors (Lipinski definition) is 3. The third kappa shape index (κ3) is 4.62. The summed E-state index contributed by atoms with van der Waals surface area (Å²) in [5, 5.41) is 0. The van der Waals surface area contributed by atoms with Crippen LogP contribution in [0.2, 0.25) is 0 Å². The molecule has 1 aromatic carbocycles. The van der Waals surface area contributed by atoms with Crippen LogP contribution in [-0.4, -0.2) is 18.4 Å². The molecule has 2 heterocycles. The number of aromatic amines is 1. The lowest BCUT2D eigenvalue weighted by atomic mass is 10.1. The van der Waals surface area contributed by atoms with Crippen molar-refractivity contribution in [3.8, 4) is 11.4 Å². The Kier molecular flexibility index (Phi) is 5.46. The Balaban J connectivity index is 1.96. The van der Waals surface area contributed by atoms with Crippen LogP contribution in [0.5, 0.6) is 0 Å². The first kappa shape index (κ1) is 22.5. The number of pyridine rings is 1. The second-order valence-electron chi connectivity index (χ2n) is 6.06. The van der Waals surface area contributed by atoms with Gasteiger partial charge in [-0.2, -0.15) is 26.3 Å². The normalized spacial score (nSPS) is 12.8. The van der Waals surface area contributed by atoms with Gasteiger partial charge in [0.2, 0.25) is 0 Å². The topological polar surface area (TPSA) is 74.8 Å². The molecule has 0 unspecified atom stereocenters. The number of halogens is 8. The zero-order valence-electron chi connectivity index (χ0n) is 14.7. The van der Waals surface area contributed by atoms with Crippen molar-refractivity contribution in [2.24, 2.45) is 0 Å². The highest BCUT2D eigenvalue weighted by atomic mass is 32.2. The van der Waals surface area contributed by atoms with Crippen molar-refractivity contribution in [1.29, 1.82) is 0 Å². The zero-order valence-corrected chi connectivity index (χ0v) is 15.6. The van der Waals surface area contributed by atoms with Gasteiger partial charge in [-0.25, -0.2) is 17.2 Å². The molecule has 2 aromatic heterocycles. The summed E-state index contributed by atoms with van der Waals surface area (Å²) in [4.78, 5) is 5.16. The Hall–Kier alpha value is -3.16. The summed E-state index contributed by atoms with van der Waals surface area (Å²) in [5.74, 6) is -3.64. The molecule has 14 heteroatoms. The third-order valence-corrected chi connectivity index (χ3v) is 5.29. The van der Waals surface area contributed by atoms with Crippen molar-refractivity contribution in [1.82, 2.24) is 9.97 Å². The average molecular weight is 471 g/mol. The first-order chi connectivity index (χ1) is 14.2. The van der Waals surface area contributed by atoms with E-state index in [1.54, 1.807) is 4.72 Å². The van der Waals surface area contributed by atoms with Crippen LogP contribution in [0.1, 0.15) is 11.1 Å². The van der Waals surface area contributed by atoms with Gasteiger partial charge in [-0.3, -0.25) is 9.71 Å². The van der Waals surface area contributed by atoms with Crippen molar-refractivity contribution in [2.45, 2.75) is 17.2 Å². The average Bonchev–Trinajstić information content (AvgIpc) is 3.13. The van der Waals surface area contributed by atoms with Crippen molar-refractivity contribution in [3.05, 3.63) is 65.5 Å². The van der Waals surface area contributed by atoms with E-state index in [0.717, 1.165) is 30.6 Å². The first-order valence-electron chi connectivity index (χ1n) is 8.00. The fourth-order valence-corrected chi connectivity index (χ4v) is 3.61. The van der Waals surface area contributed by atoms with Crippen LogP contribution in [0, 0.1) is 11.6 Å². The van der Waals surface area contributed by atoms with Gasteiger partial charge in [-0.15, -0.1) is 0 Å². The number of hydrogen-bond donors (Lipinski definition) is 2. The number of sulfonamides is 1. The van der Waals surface area contributed by atoms with Gasteiger partial charge in [-0.1, -0.05) is 0 Å². The molecule has 0 aliphatic heterocycles. The van der Waals surface area contributed by atoms with Crippen LogP contribution in [0.15, 0.2) is 47.6 Å². The Morgan fingerprint density at radius 2 is 1.55 bits per heavy atom. The number of H-pyrrole nitrogens is 1. The molecule has 166 valence electrons. The van der Waals surface area contributed by atoms with E-state index in [2.05, 4.69) is 9.97 Å². The number of nitrogens with one attached hydrogen (secondary N) is 2. The molecular formula is C17H9F8N3O2S. The second kappa shape index (κ2) is 7.51. The van der Waals surface area contributed by atoms with Gasteiger partial charge in [0.25, 0.3) is 10.0 Å². The van der Waals surface area contributed by atoms with Gasteiger partial charge in [0.15, 0.2) is 0 Å². The molecule has 2 N–H and O–H groups in total. The van der Waals surface area contributed by atoms with E-state index < -0.39 is 61.4 Å². The molecule has 3 rings (SSSR count). The predicted molar refractivity (Wildman–Crippen MR) is 91.2 cm³/mol. The molecule has 0 saturated carbocycles. The fourth-order valence-electron chi connectivity index (χ4n) is 2.56. The van der Waals surface area contributed by atoms with Gasteiger partial charge in [0.1, 0.15) is 16.5 Å². The maximum Gasteiger partial charge on any atom is 0.419 e. The van der Waals surface area contributed by atoms with E-state index >= 15 is 0 Å². The smallest absolute Gasteiger partial charge is 0.359 e. The zero-order chi connectivity index (χ0) is 23.2. The van der Waals surface area contributed by atoms with E-state index in [0.29, 0.717) is 0 Å². The molecule has 0 bridgehead atoms. The molecule has 0 aliphatic rings. The number of rotatable bonds is 4. The van der Waals surface area contributed by atoms with Crippen LogP contribution in [0.4, 0.5) is 40.8 Å². The van der Waals surface area contributed by atoms with Gasteiger partial charge in [0, 0.05) is 18.5 Å². The largest absolute Gasteiger partial charge is 0.419 e. The summed E-state index contributed by atoms with van der Waals surface area (Å²) in [7, 11) is -4.71. The van der Waals surface area contributed by atoms with E-state index in [9.17, 15) is 43.5 Å². The van der Waals surface area contributed by atoms with Crippen LogP contribution >= 0.6 is 0 Å². The van der Waals surface area contributed by atoms with E-state index in [4.69, 9.17) is 0 Å². The minimum Gasteiger partial charge on any atom is -0.359 e. The first-order valence-corrected chi connectivity index (χ1v) is 9.48. The van der Waals surface area contributed by atoms with Crippen molar-refractivity contribution in [3.63, 3.8) is 0 Å². The predicted octanol–water partition coefficient (Wildman–Crippen LogP) is 5.19. The Bertz CT molecular complexity index is 1230.